The minimum absolute atomic E-state index is 0.673. The molecule has 0 aliphatic carbocycles. The number of aliphatic hydroxyl groups is 1. The smallest absolute Gasteiger partial charge is 0.133 e. The molecule has 0 spiro atoms. The number of thiazole rings is 1. The van der Waals surface area contributed by atoms with Crippen molar-refractivity contribution in [2.24, 2.45) is 7.05 Å². The van der Waals surface area contributed by atoms with E-state index < -0.39 is 6.10 Å². The number of aryl methyl sites for hydroxylation is 3. The Hall–Kier alpha value is -0.720. The highest BCUT2D eigenvalue weighted by atomic mass is 79.9. The Kier molecular flexibility index (Phi) is 3.14. The van der Waals surface area contributed by atoms with Crippen LogP contribution in [0.5, 0.6) is 0 Å². The minimum Gasteiger partial charge on any atom is -0.381 e. The zero-order valence-electron chi connectivity index (χ0n) is 9.23. The van der Waals surface area contributed by atoms with Crippen LogP contribution >= 0.6 is 27.3 Å². The lowest BCUT2D eigenvalue weighted by atomic mass is 10.2. The fourth-order valence-corrected chi connectivity index (χ4v) is 3.14. The van der Waals surface area contributed by atoms with Crippen molar-refractivity contribution in [2.45, 2.75) is 20.0 Å². The first-order chi connectivity index (χ1) is 7.50. The first kappa shape index (κ1) is 11.8. The molecule has 0 saturated carbocycles. The van der Waals surface area contributed by atoms with E-state index >= 15 is 0 Å². The topological polar surface area (TPSA) is 50.9 Å². The van der Waals surface area contributed by atoms with Crippen molar-refractivity contribution < 1.29 is 5.11 Å². The highest BCUT2D eigenvalue weighted by Crippen LogP contribution is 2.32. The van der Waals surface area contributed by atoms with Gasteiger partial charge in [-0.25, -0.2) is 4.98 Å². The molecule has 2 rings (SSSR count). The average Bonchev–Trinajstić information content (AvgIpc) is 2.70. The summed E-state index contributed by atoms with van der Waals surface area (Å²) in [6.45, 7) is 3.85. The molecule has 86 valence electrons. The molecule has 16 heavy (non-hydrogen) atoms. The molecule has 1 atom stereocenters. The predicted molar refractivity (Wildman–Crippen MR) is 66.6 cm³/mol. The van der Waals surface area contributed by atoms with E-state index in [0.717, 1.165) is 25.7 Å². The van der Waals surface area contributed by atoms with Gasteiger partial charge in [0.15, 0.2) is 0 Å². The maximum Gasteiger partial charge on any atom is 0.133 e. The van der Waals surface area contributed by atoms with E-state index in [1.165, 1.54) is 11.3 Å². The first-order valence-electron chi connectivity index (χ1n) is 4.80. The molecule has 0 aliphatic heterocycles. The molecule has 0 saturated heterocycles. The molecule has 0 radical (unpaired) electrons. The van der Waals surface area contributed by atoms with Crippen LogP contribution in [0.4, 0.5) is 0 Å². The van der Waals surface area contributed by atoms with Gasteiger partial charge >= 0.3 is 0 Å². The number of halogens is 1. The number of aromatic nitrogens is 3. The van der Waals surface area contributed by atoms with Gasteiger partial charge in [-0.3, -0.25) is 4.68 Å². The van der Waals surface area contributed by atoms with E-state index in [9.17, 15) is 5.11 Å². The molecule has 1 unspecified atom stereocenters. The summed E-state index contributed by atoms with van der Waals surface area (Å²) in [7, 11) is 1.81. The van der Waals surface area contributed by atoms with Crippen molar-refractivity contribution in [1.82, 2.24) is 14.8 Å². The lowest BCUT2D eigenvalue weighted by Crippen LogP contribution is -2.07. The third-order valence-corrected chi connectivity index (χ3v) is 4.12. The van der Waals surface area contributed by atoms with Crippen LogP contribution in [0.2, 0.25) is 0 Å². The summed E-state index contributed by atoms with van der Waals surface area (Å²) in [5.41, 5.74) is 1.63. The van der Waals surface area contributed by atoms with E-state index in [1.807, 2.05) is 20.9 Å². The Morgan fingerprint density at radius 2 is 2.19 bits per heavy atom. The largest absolute Gasteiger partial charge is 0.381 e. The summed E-state index contributed by atoms with van der Waals surface area (Å²) in [6, 6.07) is 0. The summed E-state index contributed by atoms with van der Waals surface area (Å²) in [6.07, 6.45) is 1.01. The Labute approximate surface area is 106 Å². The lowest BCUT2D eigenvalue weighted by Gasteiger charge is -2.10. The quantitative estimate of drug-likeness (QED) is 0.926. The van der Waals surface area contributed by atoms with E-state index in [4.69, 9.17) is 0 Å². The molecular formula is C10H12BrN3OS. The summed E-state index contributed by atoms with van der Waals surface area (Å²) >= 11 is 4.90. The molecule has 0 aliphatic rings. The summed E-state index contributed by atoms with van der Waals surface area (Å²) in [5.74, 6) is 0. The van der Waals surface area contributed by atoms with Crippen molar-refractivity contribution in [1.29, 1.82) is 0 Å². The Morgan fingerprint density at radius 3 is 2.62 bits per heavy atom. The van der Waals surface area contributed by atoms with Gasteiger partial charge in [-0.05, 0) is 29.8 Å². The van der Waals surface area contributed by atoms with Crippen LogP contribution in [-0.2, 0) is 7.05 Å². The Balaban J connectivity index is 2.46. The van der Waals surface area contributed by atoms with Gasteiger partial charge in [0.1, 0.15) is 6.10 Å². The van der Waals surface area contributed by atoms with Crippen molar-refractivity contribution in [3.8, 4) is 0 Å². The third-order valence-electron chi connectivity index (χ3n) is 2.38. The van der Waals surface area contributed by atoms with Gasteiger partial charge in [0, 0.05) is 7.05 Å². The zero-order valence-corrected chi connectivity index (χ0v) is 11.6. The number of hydrogen-bond donors (Lipinski definition) is 1. The normalized spacial score (nSPS) is 13.1. The Bertz CT molecular complexity index is 501. The highest BCUT2D eigenvalue weighted by molar-refractivity contribution is 9.10. The number of rotatable bonds is 2. The van der Waals surface area contributed by atoms with Gasteiger partial charge in [0.05, 0.1) is 31.9 Å². The fourth-order valence-electron chi connectivity index (χ4n) is 1.65. The summed E-state index contributed by atoms with van der Waals surface area (Å²) in [4.78, 5) is 5.19. The molecule has 0 amide bonds. The zero-order chi connectivity index (χ0) is 11.9. The number of nitrogens with zero attached hydrogens (tertiary/aromatic N) is 3. The monoisotopic (exact) mass is 301 g/mol. The van der Waals surface area contributed by atoms with Gasteiger partial charge in [0.2, 0.25) is 0 Å². The van der Waals surface area contributed by atoms with Crippen LogP contribution in [-0.4, -0.2) is 19.9 Å². The van der Waals surface area contributed by atoms with Gasteiger partial charge in [-0.1, -0.05) is 0 Å². The van der Waals surface area contributed by atoms with Crippen molar-refractivity contribution >= 4 is 27.3 Å². The number of aliphatic hydroxyl groups excluding tert-OH is 1. The first-order valence-corrected chi connectivity index (χ1v) is 6.41. The van der Waals surface area contributed by atoms with Crippen LogP contribution in [0.25, 0.3) is 0 Å². The van der Waals surface area contributed by atoms with E-state index in [-0.39, 0.29) is 0 Å². The molecule has 2 heterocycles. The van der Waals surface area contributed by atoms with Gasteiger partial charge < -0.3 is 5.11 Å². The van der Waals surface area contributed by atoms with Crippen LogP contribution in [0, 0.1) is 13.8 Å². The SMILES string of the molecule is Cc1nc(C)c(C(O)c2c(Br)cnn2C)s1. The molecule has 4 nitrogen and oxygen atoms in total. The summed E-state index contributed by atoms with van der Waals surface area (Å²) in [5, 5.41) is 15.4. The van der Waals surface area contributed by atoms with Crippen LogP contribution < -0.4 is 0 Å². The second-order valence-electron chi connectivity index (χ2n) is 3.59. The second kappa shape index (κ2) is 4.27. The number of hydrogen-bond acceptors (Lipinski definition) is 4. The Morgan fingerprint density at radius 1 is 1.50 bits per heavy atom. The van der Waals surface area contributed by atoms with Crippen LogP contribution in [0.3, 0.4) is 0 Å². The molecule has 6 heteroatoms. The molecule has 0 bridgehead atoms. The maximum absolute atomic E-state index is 10.3. The molecule has 2 aromatic heterocycles. The highest BCUT2D eigenvalue weighted by Gasteiger charge is 2.22. The van der Waals surface area contributed by atoms with Crippen molar-refractivity contribution in [3.05, 3.63) is 31.9 Å². The molecule has 0 fully saturated rings. The van der Waals surface area contributed by atoms with Gasteiger partial charge in [0.25, 0.3) is 0 Å². The van der Waals surface area contributed by atoms with Crippen LogP contribution in [0.1, 0.15) is 27.4 Å². The maximum atomic E-state index is 10.3. The molecule has 2 aromatic rings. The lowest BCUT2D eigenvalue weighted by molar-refractivity contribution is 0.212. The molecular weight excluding hydrogens is 290 g/mol. The van der Waals surface area contributed by atoms with Crippen LogP contribution in [0.15, 0.2) is 10.7 Å². The average molecular weight is 302 g/mol. The fraction of sp³-hybridized carbons (Fsp3) is 0.400. The van der Waals surface area contributed by atoms with E-state index in [2.05, 4.69) is 26.0 Å². The van der Waals surface area contributed by atoms with E-state index in [0.29, 0.717) is 0 Å². The predicted octanol–water partition coefficient (Wildman–Crippen LogP) is 2.34. The third kappa shape index (κ3) is 1.92. The van der Waals surface area contributed by atoms with Crippen molar-refractivity contribution in [3.63, 3.8) is 0 Å². The molecule has 1 N–H and O–H groups in total. The van der Waals surface area contributed by atoms with E-state index in [1.54, 1.807) is 10.9 Å². The minimum atomic E-state index is -0.673. The van der Waals surface area contributed by atoms with Gasteiger partial charge in [-0.15, -0.1) is 11.3 Å². The molecule has 0 aromatic carbocycles. The second-order valence-corrected chi connectivity index (χ2v) is 5.68. The van der Waals surface area contributed by atoms with Crippen molar-refractivity contribution in [2.75, 3.05) is 0 Å². The standard InChI is InChI=1S/C10H12BrN3OS/c1-5-10(16-6(2)13-5)9(15)8-7(11)4-12-14(8)3/h4,9,15H,1-3H3. The van der Waals surface area contributed by atoms with Gasteiger partial charge in [-0.2, -0.15) is 5.10 Å². The summed E-state index contributed by atoms with van der Waals surface area (Å²) < 4.78 is 2.48.